The number of pyridine rings is 1. The summed E-state index contributed by atoms with van der Waals surface area (Å²) in [4.78, 5) is 14.3. The fraction of sp³-hybridized carbons (Fsp3) is 0.250. The number of ether oxygens (including phenoxy) is 1. The van der Waals surface area contributed by atoms with Crippen molar-refractivity contribution < 1.29 is 4.74 Å². The molecule has 0 aliphatic carbocycles. The van der Waals surface area contributed by atoms with Crippen LogP contribution in [-0.4, -0.2) is 12.1 Å². The van der Waals surface area contributed by atoms with Gasteiger partial charge in [-0.2, -0.15) is 0 Å². The Balaban J connectivity index is 2.87. The van der Waals surface area contributed by atoms with Gasteiger partial charge >= 0.3 is 0 Å². The highest BCUT2D eigenvalue weighted by atomic mass is 16.5. The molecule has 15 heavy (non-hydrogen) atoms. The second kappa shape index (κ2) is 3.42. The zero-order valence-corrected chi connectivity index (χ0v) is 9.05. The molecule has 0 fully saturated rings. The van der Waals surface area contributed by atoms with Crippen molar-refractivity contribution in [3.05, 3.63) is 39.7 Å². The van der Waals surface area contributed by atoms with Crippen molar-refractivity contribution in [2.24, 2.45) is 0 Å². The number of rotatable bonds is 1. The standard InChI is InChI=1S/C12H13NO2/c1-7-4-8(2)11-9(5-7)6-10(15-3)12(14)13-11/h4-6H,1-3H3,(H,13,14). The van der Waals surface area contributed by atoms with Gasteiger partial charge in [0.15, 0.2) is 5.75 Å². The van der Waals surface area contributed by atoms with Crippen LogP contribution in [0.2, 0.25) is 0 Å². The Bertz CT molecular complexity index is 570. The first kappa shape index (κ1) is 9.77. The fourth-order valence-corrected chi connectivity index (χ4v) is 1.82. The molecule has 2 aromatic rings. The van der Waals surface area contributed by atoms with Crippen LogP contribution in [0.25, 0.3) is 10.9 Å². The van der Waals surface area contributed by atoms with Crippen LogP contribution in [0.5, 0.6) is 5.75 Å². The maximum Gasteiger partial charge on any atom is 0.290 e. The molecule has 0 saturated heterocycles. The van der Waals surface area contributed by atoms with Gasteiger partial charge in [0.1, 0.15) is 0 Å². The van der Waals surface area contributed by atoms with E-state index in [9.17, 15) is 4.79 Å². The molecule has 1 aromatic carbocycles. The average Bonchev–Trinajstić information content (AvgIpc) is 2.18. The van der Waals surface area contributed by atoms with Crippen LogP contribution >= 0.6 is 0 Å². The van der Waals surface area contributed by atoms with E-state index in [0.717, 1.165) is 16.5 Å². The number of methoxy groups -OCH3 is 1. The number of nitrogens with one attached hydrogen (secondary N) is 1. The number of aromatic amines is 1. The largest absolute Gasteiger partial charge is 0.491 e. The zero-order valence-electron chi connectivity index (χ0n) is 9.05. The topological polar surface area (TPSA) is 42.1 Å². The summed E-state index contributed by atoms with van der Waals surface area (Å²) in [5.41, 5.74) is 2.95. The molecular weight excluding hydrogens is 190 g/mol. The SMILES string of the molecule is COc1cc2cc(C)cc(C)c2[nH]c1=O. The molecule has 0 amide bonds. The Hall–Kier alpha value is -1.77. The van der Waals surface area contributed by atoms with E-state index in [4.69, 9.17) is 4.74 Å². The van der Waals surface area contributed by atoms with Gasteiger partial charge in [0.25, 0.3) is 5.56 Å². The van der Waals surface area contributed by atoms with E-state index in [1.54, 1.807) is 6.07 Å². The van der Waals surface area contributed by atoms with Crippen molar-refractivity contribution >= 4 is 10.9 Å². The molecule has 3 nitrogen and oxygen atoms in total. The predicted octanol–water partition coefficient (Wildman–Crippen LogP) is 2.15. The highest BCUT2D eigenvalue weighted by molar-refractivity contribution is 5.83. The zero-order chi connectivity index (χ0) is 11.0. The molecule has 3 heteroatoms. The molecule has 0 unspecified atom stereocenters. The third-order valence-corrected chi connectivity index (χ3v) is 2.48. The maximum atomic E-state index is 11.5. The number of aromatic nitrogens is 1. The van der Waals surface area contributed by atoms with E-state index in [2.05, 4.69) is 4.98 Å². The molecule has 1 heterocycles. The molecule has 0 radical (unpaired) electrons. The van der Waals surface area contributed by atoms with E-state index < -0.39 is 0 Å². The Labute approximate surface area is 87.7 Å². The summed E-state index contributed by atoms with van der Waals surface area (Å²) in [6.45, 7) is 4.02. The van der Waals surface area contributed by atoms with Gasteiger partial charge in [-0.05, 0) is 31.5 Å². The number of fused-ring (bicyclic) bond motifs is 1. The minimum absolute atomic E-state index is 0.183. The first-order valence-corrected chi connectivity index (χ1v) is 4.80. The molecule has 0 aliphatic heterocycles. The lowest BCUT2D eigenvalue weighted by atomic mass is 10.1. The number of benzene rings is 1. The van der Waals surface area contributed by atoms with Crippen molar-refractivity contribution in [1.82, 2.24) is 4.98 Å². The summed E-state index contributed by atoms with van der Waals surface area (Å²) in [6.07, 6.45) is 0. The van der Waals surface area contributed by atoms with Gasteiger partial charge in [0, 0.05) is 5.39 Å². The predicted molar refractivity (Wildman–Crippen MR) is 60.6 cm³/mol. The van der Waals surface area contributed by atoms with Crippen LogP contribution in [0, 0.1) is 13.8 Å². The van der Waals surface area contributed by atoms with Gasteiger partial charge < -0.3 is 9.72 Å². The van der Waals surface area contributed by atoms with E-state index >= 15 is 0 Å². The molecule has 0 bridgehead atoms. The summed E-state index contributed by atoms with van der Waals surface area (Å²) in [5.74, 6) is 0.354. The smallest absolute Gasteiger partial charge is 0.290 e. The Morgan fingerprint density at radius 1 is 1.20 bits per heavy atom. The summed E-state index contributed by atoms with van der Waals surface area (Å²) in [6, 6.07) is 5.85. The lowest BCUT2D eigenvalue weighted by Gasteiger charge is -2.05. The quantitative estimate of drug-likeness (QED) is 0.771. The highest BCUT2D eigenvalue weighted by Gasteiger charge is 2.04. The Kier molecular flexibility index (Phi) is 2.23. The monoisotopic (exact) mass is 203 g/mol. The molecule has 1 aromatic heterocycles. The number of hydrogen-bond donors (Lipinski definition) is 1. The van der Waals surface area contributed by atoms with Gasteiger partial charge in [-0.3, -0.25) is 4.79 Å². The highest BCUT2D eigenvalue weighted by Crippen LogP contribution is 2.19. The van der Waals surface area contributed by atoms with Crippen LogP contribution in [0.3, 0.4) is 0 Å². The molecule has 0 spiro atoms. The summed E-state index contributed by atoms with van der Waals surface area (Å²) >= 11 is 0. The number of aryl methyl sites for hydroxylation is 2. The molecule has 0 atom stereocenters. The third-order valence-electron chi connectivity index (χ3n) is 2.48. The molecule has 1 N–H and O–H groups in total. The van der Waals surface area contributed by atoms with Crippen molar-refractivity contribution in [3.63, 3.8) is 0 Å². The van der Waals surface area contributed by atoms with Crippen molar-refractivity contribution in [2.45, 2.75) is 13.8 Å². The van der Waals surface area contributed by atoms with Crippen LogP contribution in [0.4, 0.5) is 0 Å². The van der Waals surface area contributed by atoms with Gasteiger partial charge in [-0.15, -0.1) is 0 Å². The van der Waals surface area contributed by atoms with Gasteiger partial charge in [-0.1, -0.05) is 11.6 Å². The maximum absolute atomic E-state index is 11.5. The first-order valence-electron chi connectivity index (χ1n) is 4.80. The summed E-state index contributed by atoms with van der Waals surface area (Å²) in [7, 11) is 1.50. The lowest BCUT2D eigenvalue weighted by Crippen LogP contribution is -2.09. The third kappa shape index (κ3) is 1.61. The fourth-order valence-electron chi connectivity index (χ4n) is 1.82. The van der Waals surface area contributed by atoms with E-state index in [0.29, 0.717) is 5.75 Å². The molecule has 0 aliphatic rings. The van der Waals surface area contributed by atoms with Crippen LogP contribution in [-0.2, 0) is 0 Å². The lowest BCUT2D eigenvalue weighted by molar-refractivity contribution is 0.409. The molecule has 0 saturated carbocycles. The molecule has 2 rings (SSSR count). The first-order chi connectivity index (χ1) is 7.11. The molecular formula is C12H13NO2. The minimum atomic E-state index is -0.183. The van der Waals surface area contributed by atoms with Crippen molar-refractivity contribution in [2.75, 3.05) is 7.11 Å². The van der Waals surface area contributed by atoms with Crippen LogP contribution in [0.15, 0.2) is 23.0 Å². The summed E-state index contributed by atoms with van der Waals surface area (Å²) < 4.78 is 4.99. The van der Waals surface area contributed by atoms with Crippen molar-refractivity contribution in [1.29, 1.82) is 0 Å². The Morgan fingerprint density at radius 3 is 2.60 bits per heavy atom. The van der Waals surface area contributed by atoms with E-state index in [-0.39, 0.29) is 5.56 Å². The Morgan fingerprint density at radius 2 is 1.93 bits per heavy atom. The van der Waals surface area contributed by atoms with Gasteiger partial charge in [-0.25, -0.2) is 0 Å². The molecule has 78 valence electrons. The average molecular weight is 203 g/mol. The van der Waals surface area contributed by atoms with Crippen LogP contribution in [0.1, 0.15) is 11.1 Å². The second-order valence-corrected chi connectivity index (χ2v) is 3.71. The second-order valence-electron chi connectivity index (χ2n) is 3.71. The number of hydrogen-bond acceptors (Lipinski definition) is 2. The van der Waals surface area contributed by atoms with Gasteiger partial charge in [0.05, 0.1) is 12.6 Å². The normalized spacial score (nSPS) is 10.6. The van der Waals surface area contributed by atoms with Crippen LogP contribution < -0.4 is 10.3 Å². The van der Waals surface area contributed by atoms with E-state index in [1.807, 2.05) is 26.0 Å². The van der Waals surface area contributed by atoms with Crippen molar-refractivity contribution in [3.8, 4) is 5.75 Å². The van der Waals surface area contributed by atoms with E-state index in [1.165, 1.54) is 12.7 Å². The summed E-state index contributed by atoms with van der Waals surface area (Å²) in [5, 5.41) is 1.00. The number of H-pyrrole nitrogens is 1. The minimum Gasteiger partial charge on any atom is -0.491 e. The van der Waals surface area contributed by atoms with Gasteiger partial charge in [0.2, 0.25) is 0 Å².